The standard InChI is InChI=1S/C18H16N4O5/c1-19-7-2-8-20-15(24)10-3-4-11-12(9-10)18(27)22(17(11)26)13-5-6-14(23)21-16(13)25/h3-4,9,13H,2,5-8H2,(H,20,24)(H,21,23,25). The Balaban J connectivity index is 1.78. The molecule has 1 saturated heterocycles. The molecular formula is C18H16N4O5. The van der Waals surface area contributed by atoms with Gasteiger partial charge in [-0.25, -0.2) is 6.57 Å². The number of hydrogen-bond donors (Lipinski definition) is 2. The topological polar surface area (TPSA) is 117 Å². The van der Waals surface area contributed by atoms with Crippen LogP contribution in [0.25, 0.3) is 4.85 Å². The van der Waals surface area contributed by atoms with Crippen LogP contribution in [0.3, 0.4) is 0 Å². The zero-order valence-corrected chi connectivity index (χ0v) is 14.3. The zero-order valence-electron chi connectivity index (χ0n) is 14.3. The van der Waals surface area contributed by atoms with Crippen LogP contribution >= 0.6 is 0 Å². The van der Waals surface area contributed by atoms with Gasteiger partial charge in [0.1, 0.15) is 6.04 Å². The van der Waals surface area contributed by atoms with Crippen molar-refractivity contribution in [2.45, 2.75) is 25.3 Å². The van der Waals surface area contributed by atoms with Crippen LogP contribution in [-0.2, 0) is 9.59 Å². The van der Waals surface area contributed by atoms with Gasteiger partial charge in [0.25, 0.3) is 17.7 Å². The van der Waals surface area contributed by atoms with E-state index < -0.39 is 35.6 Å². The molecule has 27 heavy (non-hydrogen) atoms. The zero-order chi connectivity index (χ0) is 19.6. The number of imide groups is 2. The summed E-state index contributed by atoms with van der Waals surface area (Å²) in [6.45, 7) is 7.33. The Labute approximate surface area is 154 Å². The summed E-state index contributed by atoms with van der Waals surface area (Å²) in [5.41, 5.74) is 0.385. The van der Waals surface area contributed by atoms with Gasteiger partial charge in [0, 0.05) is 24.9 Å². The summed E-state index contributed by atoms with van der Waals surface area (Å²) in [6, 6.07) is 3.10. The second-order valence-electron chi connectivity index (χ2n) is 6.20. The van der Waals surface area contributed by atoms with Gasteiger partial charge in [-0.1, -0.05) is 0 Å². The van der Waals surface area contributed by atoms with Crippen molar-refractivity contribution in [3.63, 3.8) is 0 Å². The molecule has 1 fully saturated rings. The van der Waals surface area contributed by atoms with Crippen LogP contribution in [0.5, 0.6) is 0 Å². The molecule has 5 amide bonds. The summed E-state index contributed by atoms with van der Waals surface area (Å²) < 4.78 is 0. The van der Waals surface area contributed by atoms with Gasteiger partial charge in [-0.05, 0) is 24.6 Å². The minimum absolute atomic E-state index is 0.0437. The van der Waals surface area contributed by atoms with E-state index in [9.17, 15) is 24.0 Å². The number of amides is 5. The lowest BCUT2D eigenvalue weighted by Gasteiger charge is -2.27. The summed E-state index contributed by atoms with van der Waals surface area (Å²) in [5, 5.41) is 4.77. The molecule has 0 spiro atoms. The number of carbonyl (C=O) groups is 5. The van der Waals surface area contributed by atoms with Crippen LogP contribution in [0.15, 0.2) is 18.2 Å². The van der Waals surface area contributed by atoms with Crippen LogP contribution in [0.2, 0.25) is 0 Å². The molecule has 2 N–H and O–H groups in total. The van der Waals surface area contributed by atoms with Crippen molar-refractivity contribution in [2.24, 2.45) is 0 Å². The highest BCUT2D eigenvalue weighted by Crippen LogP contribution is 2.28. The molecule has 0 saturated carbocycles. The molecule has 2 aliphatic rings. The summed E-state index contributed by atoms with van der Waals surface area (Å²) in [4.78, 5) is 64.8. The maximum Gasteiger partial charge on any atom is 0.262 e. The monoisotopic (exact) mass is 368 g/mol. The quantitative estimate of drug-likeness (QED) is 0.435. The first-order valence-electron chi connectivity index (χ1n) is 8.41. The lowest BCUT2D eigenvalue weighted by molar-refractivity contribution is -0.136. The van der Waals surface area contributed by atoms with E-state index in [4.69, 9.17) is 6.57 Å². The first-order valence-corrected chi connectivity index (χ1v) is 8.41. The van der Waals surface area contributed by atoms with Gasteiger partial charge in [0.05, 0.1) is 11.1 Å². The predicted molar refractivity (Wildman–Crippen MR) is 91.5 cm³/mol. The maximum absolute atomic E-state index is 12.7. The molecule has 9 heteroatoms. The minimum Gasteiger partial charge on any atom is -0.352 e. The molecule has 9 nitrogen and oxygen atoms in total. The smallest absolute Gasteiger partial charge is 0.262 e. The Morgan fingerprint density at radius 1 is 1.22 bits per heavy atom. The van der Waals surface area contributed by atoms with E-state index >= 15 is 0 Å². The van der Waals surface area contributed by atoms with E-state index in [2.05, 4.69) is 15.5 Å². The van der Waals surface area contributed by atoms with Gasteiger partial charge in [0.15, 0.2) is 0 Å². The van der Waals surface area contributed by atoms with E-state index in [1.807, 2.05) is 0 Å². The molecule has 1 aromatic rings. The van der Waals surface area contributed by atoms with E-state index in [-0.39, 0.29) is 29.5 Å². The SMILES string of the molecule is [C-]#[N+]CCCNC(=O)c1ccc2c(c1)C(=O)N(C1CCC(=O)NC1=O)C2=O. The van der Waals surface area contributed by atoms with Crippen molar-refractivity contribution in [3.05, 3.63) is 46.3 Å². The van der Waals surface area contributed by atoms with Crippen molar-refractivity contribution in [1.29, 1.82) is 0 Å². The average molecular weight is 368 g/mol. The Kier molecular flexibility index (Phi) is 4.98. The molecule has 1 aromatic carbocycles. The summed E-state index contributed by atoms with van der Waals surface area (Å²) in [6.07, 6.45) is 0.632. The first kappa shape index (κ1) is 18.3. The number of nitrogens with zero attached hydrogens (tertiary/aromatic N) is 2. The molecular weight excluding hydrogens is 352 g/mol. The van der Waals surface area contributed by atoms with E-state index in [0.29, 0.717) is 19.5 Å². The lowest BCUT2D eigenvalue weighted by Crippen LogP contribution is -2.54. The van der Waals surface area contributed by atoms with Crippen molar-refractivity contribution in [1.82, 2.24) is 15.5 Å². The number of fused-ring (bicyclic) bond motifs is 1. The molecule has 1 atom stereocenters. The van der Waals surface area contributed by atoms with Crippen LogP contribution in [0.4, 0.5) is 0 Å². The number of nitrogens with one attached hydrogen (secondary N) is 2. The average Bonchev–Trinajstić information content (AvgIpc) is 2.89. The second-order valence-corrected chi connectivity index (χ2v) is 6.20. The second kappa shape index (κ2) is 7.37. The molecule has 0 aromatic heterocycles. The third-order valence-corrected chi connectivity index (χ3v) is 4.43. The Morgan fingerprint density at radius 2 is 1.96 bits per heavy atom. The number of carbonyl (C=O) groups excluding carboxylic acids is 5. The fraction of sp³-hybridized carbons (Fsp3) is 0.333. The predicted octanol–water partition coefficient (Wildman–Crippen LogP) is 0.127. The molecule has 0 bridgehead atoms. The molecule has 2 aliphatic heterocycles. The van der Waals surface area contributed by atoms with E-state index in [1.165, 1.54) is 18.2 Å². The number of rotatable bonds is 5. The largest absolute Gasteiger partial charge is 0.352 e. The fourth-order valence-corrected chi connectivity index (χ4v) is 3.07. The van der Waals surface area contributed by atoms with E-state index in [1.54, 1.807) is 0 Å². The highest BCUT2D eigenvalue weighted by Gasteiger charge is 2.44. The fourth-order valence-electron chi connectivity index (χ4n) is 3.07. The maximum atomic E-state index is 12.7. The van der Waals surface area contributed by atoms with Crippen LogP contribution < -0.4 is 10.6 Å². The van der Waals surface area contributed by atoms with Gasteiger partial charge in [-0.3, -0.25) is 34.2 Å². The van der Waals surface area contributed by atoms with Gasteiger partial charge in [0.2, 0.25) is 18.4 Å². The third-order valence-electron chi connectivity index (χ3n) is 4.43. The van der Waals surface area contributed by atoms with Crippen LogP contribution in [0, 0.1) is 6.57 Å². The molecule has 3 rings (SSSR count). The van der Waals surface area contributed by atoms with Crippen molar-refractivity contribution >= 4 is 29.5 Å². The van der Waals surface area contributed by atoms with Crippen LogP contribution in [-0.4, -0.2) is 53.6 Å². The van der Waals surface area contributed by atoms with Gasteiger partial charge in [-0.2, -0.15) is 0 Å². The highest BCUT2D eigenvalue weighted by atomic mass is 16.2. The lowest BCUT2D eigenvalue weighted by atomic mass is 10.0. The Hall–Kier alpha value is -3.54. The molecule has 1 unspecified atom stereocenters. The summed E-state index contributed by atoms with van der Waals surface area (Å²) >= 11 is 0. The summed E-state index contributed by atoms with van der Waals surface area (Å²) in [7, 11) is 0. The Bertz CT molecular complexity index is 902. The molecule has 0 aliphatic carbocycles. The van der Waals surface area contributed by atoms with Gasteiger partial charge < -0.3 is 10.2 Å². The Morgan fingerprint density at radius 3 is 2.67 bits per heavy atom. The molecule has 138 valence electrons. The molecule has 0 radical (unpaired) electrons. The van der Waals surface area contributed by atoms with Crippen molar-refractivity contribution < 1.29 is 24.0 Å². The van der Waals surface area contributed by atoms with Crippen molar-refractivity contribution in [2.75, 3.05) is 13.1 Å². The summed E-state index contributed by atoms with van der Waals surface area (Å²) in [5.74, 6) is -2.81. The molecule has 2 heterocycles. The first-order chi connectivity index (χ1) is 12.9. The van der Waals surface area contributed by atoms with E-state index in [0.717, 1.165) is 4.90 Å². The number of benzene rings is 1. The third kappa shape index (κ3) is 3.42. The van der Waals surface area contributed by atoms with Gasteiger partial charge >= 0.3 is 0 Å². The number of piperidine rings is 1. The van der Waals surface area contributed by atoms with Gasteiger partial charge in [-0.15, -0.1) is 0 Å². The van der Waals surface area contributed by atoms with Crippen molar-refractivity contribution in [3.8, 4) is 0 Å². The highest BCUT2D eigenvalue weighted by molar-refractivity contribution is 6.24. The number of hydrogen-bond acceptors (Lipinski definition) is 5. The minimum atomic E-state index is -1.04. The normalized spacial score (nSPS) is 18.8. The van der Waals surface area contributed by atoms with Crippen LogP contribution in [0.1, 0.15) is 50.3 Å².